The highest BCUT2D eigenvalue weighted by molar-refractivity contribution is 5.42. The topological polar surface area (TPSA) is 30.5 Å². The predicted octanol–water partition coefficient (Wildman–Crippen LogP) is 3.30. The van der Waals surface area contributed by atoms with Crippen LogP contribution in [0.25, 0.3) is 0 Å². The zero-order valence-electron chi connectivity index (χ0n) is 11.5. The standard InChI is InChI=1S/C15H23NO2/c1-11(16-12-6-4-5-7-12)14-9-8-13(17-2)10-15(14)18-3/h8-12,16H,4-7H2,1-3H3. The van der Waals surface area contributed by atoms with Crippen molar-refractivity contribution < 1.29 is 9.47 Å². The van der Waals surface area contributed by atoms with Crippen LogP contribution in [0.5, 0.6) is 11.5 Å². The van der Waals surface area contributed by atoms with Gasteiger partial charge in [0.25, 0.3) is 0 Å². The second kappa shape index (κ2) is 6.10. The molecule has 1 N–H and O–H groups in total. The summed E-state index contributed by atoms with van der Waals surface area (Å²) in [6.45, 7) is 2.20. The highest BCUT2D eigenvalue weighted by Crippen LogP contribution is 2.30. The van der Waals surface area contributed by atoms with Gasteiger partial charge in [0.05, 0.1) is 14.2 Å². The van der Waals surface area contributed by atoms with Crippen molar-refractivity contribution in [2.24, 2.45) is 0 Å². The average molecular weight is 249 g/mol. The Bertz CT molecular complexity index is 386. The Morgan fingerprint density at radius 1 is 1.17 bits per heavy atom. The van der Waals surface area contributed by atoms with Gasteiger partial charge in [-0.15, -0.1) is 0 Å². The second-order valence-corrected chi connectivity index (χ2v) is 4.98. The third-order valence-corrected chi connectivity index (χ3v) is 3.75. The molecule has 0 spiro atoms. The monoisotopic (exact) mass is 249 g/mol. The zero-order valence-corrected chi connectivity index (χ0v) is 11.5. The smallest absolute Gasteiger partial charge is 0.127 e. The zero-order chi connectivity index (χ0) is 13.0. The Morgan fingerprint density at radius 2 is 1.89 bits per heavy atom. The maximum atomic E-state index is 5.45. The van der Waals surface area contributed by atoms with Gasteiger partial charge in [-0.1, -0.05) is 18.9 Å². The van der Waals surface area contributed by atoms with Crippen molar-refractivity contribution in [3.05, 3.63) is 23.8 Å². The van der Waals surface area contributed by atoms with Crippen molar-refractivity contribution >= 4 is 0 Å². The average Bonchev–Trinajstić information content (AvgIpc) is 2.90. The number of nitrogens with one attached hydrogen (secondary N) is 1. The maximum absolute atomic E-state index is 5.45. The molecule has 1 aliphatic carbocycles. The fourth-order valence-electron chi connectivity index (χ4n) is 2.71. The lowest BCUT2D eigenvalue weighted by molar-refractivity contribution is 0.380. The second-order valence-electron chi connectivity index (χ2n) is 4.98. The van der Waals surface area contributed by atoms with Crippen molar-refractivity contribution in [1.29, 1.82) is 0 Å². The molecule has 18 heavy (non-hydrogen) atoms. The quantitative estimate of drug-likeness (QED) is 0.868. The van der Waals surface area contributed by atoms with Crippen molar-refractivity contribution in [3.8, 4) is 11.5 Å². The van der Waals surface area contributed by atoms with Crippen molar-refractivity contribution in [1.82, 2.24) is 5.32 Å². The number of hydrogen-bond donors (Lipinski definition) is 1. The molecule has 1 atom stereocenters. The summed E-state index contributed by atoms with van der Waals surface area (Å²) in [5, 5.41) is 3.69. The van der Waals surface area contributed by atoms with Crippen LogP contribution in [0.1, 0.15) is 44.2 Å². The van der Waals surface area contributed by atoms with Gasteiger partial charge >= 0.3 is 0 Å². The minimum Gasteiger partial charge on any atom is -0.497 e. The first-order valence-corrected chi connectivity index (χ1v) is 6.72. The fraction of sp³-hybridized carbons (Fsp3) is 0.600. The maximum Gasteiger partial charge on any atom is 0.127 e. The molecule has 0 aliphatic heterocycles. The van der Waals surface area contributed by atoms with Crippen molar-refractivity contribution in [2.75, 3.05) is 14.2 Å². The molecule has 0 saturated heterocycles. The molecule has 1 unspecified atom stereocenters. The van der Waals surface area contributed by atoms with Gasteiger partial charge in [-0.05, 0) is 25.8 Å². The molecule has 1 aromatic carbocycles. The van der Waals surface area contributed by atoms with E-state index in [9.17, 15) is 0 Å². The van der Waals surface area contributed by atoms with Crippen LogP contribution in [0.4, 0.5) is 0 Å². The van der Waals surface area contributed by atoms with Crippen LogP contribution in [-0.2, 0) is 0 Å². The van der Waals surface area contributed by atoms with Crippen LogP contribution in [0.15, 0.2) is 18.2 Å². The van der Waals surface area contributed by atoms with Gasteiger partial charge in [0.1, 0.15) is 11.5 Å². The molecular weight excluding hydrogens is 226 g/mol. The van der Waals surface area contributed by atoms with Gasteiger partial charge in [0, 0.05) is 23.7 Å². The highest BCUT2D eigenvalue weighted by atomic mass is 16.5. The van der Waals surface area contributed by atoms with E-state index in [-0.39, 0.29) is 0 Å². The lowest BCUT2D eigenvalue weighted by Gasteiger charge is -2.21. The molecule has 2 rings (SSSR count). The lowest BCUT2D eigenvalue weighted by atomic mass is 10.1. The van der Waals surface area contributed by atoms with E-state index in [2.05, 4.69) is 18.3 Å². The first-order valence-electron chi connectivity index (χ1n) is 6.72. The van der Waals surface area contributed by atoms with E-state index < -0.39 is 0 Å². The molecule has 1 aliphatic rings. The third-order valence-electron chi connectivity index (χ3n) is 3.75. The minimum absolute atomic E-state index is 0.314. The molecule has 1 saturated carbocycles. The van der Waals surface area contributed by atoms with Gasteiger partial charge in [-0.25, -0.2) is 0 Å². The van der Waals surface area contributed by atoms with Crippen LogP contribution in [0.3, 0.4) is 0 Å². The van der Waals surface area contributed by atoms with Crippen LogP contribution in [-0.4, -0.2) is 20.3 Å². The summed E-state index contributed by atoms with van der Waals surface area (Å²) < 4.78 is 10.7. The molecule has 1 fully saturated rings. The van der Waals surface area contributed by atoms with E-state index in [1.165, 1.54) is 31.2 Å². The molecule has 0 aromatic heterocycles. The van der Waals surface area contributed by atoms with Crippen LogP contribution < -0.4 is 14.8 Å². The van der Waals surface area contributed by atoms with E-state index in [4.69, 9.17) is 9.47 Å². The summed E-state index contributed by atoms with van der Waals surface area (Å²) in [6.07, 6.45) is 5.29. The molecule has 0 amide bonds. The summed E-state index contributed by atoms with van der Waals surface area (Å²) in [5.41, 5.74) is 1.20. The molecule has 3 heteroatoms. The van der Waals surface area contributed by atoms with E-state index in [1.807, 2.05) is 12.1 Å². The highest BCUT2D eigenvalue weighted by Gasteiger charge is 2.19. The summed E-state index contributed by atoms with van der Waals surface area (Å²) in [5.74, 6) is 1.73. The molecule has 1 aromatic rings. The van der Waals surface area contributed by atoms with E-state index in [1.54, 1.807) is 14.2 Å². The number of hydrogen-bond acceptors (Lipinski definition) is 3. The van der Waals surface area contributed by atoms with Crippen molar-refractivity contribution in [3.63, 3.8) is 0 Å². The Kier molecular flexibility index (Phi) is 4.48. The van der Waals surface area contributed by atoms with Crippen LogP contribution in [0.2, 0.25) is 0 Å². The lowest BCUT2D eigenvalue weighted by Crippen LogP contribution is -2.29. The Labute approximate surface area is 109 Å². The molecule has 0 radical (unpaired) electrons. The van der Waals surface area contributed by atoms with E-state index in [0.29, 0.717) is 12.1 Å². The Morgan fingerprint density at radius 3 is 2.50 bits per heavy atom. The third kappa shape index (κ3) is 2.96. The molecule has 3 nitrogen and oxygen atoms in total. The van der Waals surface area contributed by atoms with Crippen LogP contribution in [0, 0.1) is 0 Å². The number of methoxy groups -OCH3 is 2. The normalized spacial score (nSPS) is 17.7. The molecule has 0 bridgehead atoms. The SMILES string of the molecule is COc1ccc(C(C)NC2CCCC2)c(OC)c1. The van der Waals surface area contributed by atoms with Crippen LogP contribution >= 0.6 is 0 Å². The van der Waals surface area contributed by atoms with E-state index >= 15 is 0 Å². The Balaban J connectivity index is 2.10. The Hall–Kier alpha value is -1.22. The van der Waals surface area contributed by atoms with Gasteiger partial charge in [-0.2, -0.15) is 0 Å². The first-order chi connectivity index (χ1) is 8.74. The van der Waals surface area contributed by atoms with Gasteiger partial charge < -0.3 is 14.8 Å². The molecule has 0 heterocycles. The largest absolute Gasteiger partial charge is 0.497 e. The fourth-order valence-corrected chi connectivity index (χ4v) is 2.71. The first kappa shape index (κ1) is 13.2. The number of benzene rings is 1. The number of rotatable bonds is 5. The summed E-state index contributed by atoms with van der Waals surface area (Å²) in [6, 6.07) is 7.00. The van der Waals surface area contributed by atoms with Gasteiger partial charge in [0.2, 0.25) is 0 Å². The summed E-state index contributed by atoms with van der Waals surface area (Å²) in [4.78, 5) is 0. The molecular formula is C15H23NO2. The number of ether oxygens (including phenoxy) is 2. The van der Waals surface area contributed by atoms with Gasteiger partial charge in [-0.3, -0.25) is 0 Å². The van der Waals surface area contributed by atoms with E-state index in [0.717, 1.165) is 11.5 Å². The minimum atomic E-state index is 0.314. The van der Waals surface area contributed by atoms with Gasteiger partial charge in [0.15, 0.2) is 0 Å². The predicted molar refractivity (Wildman–Crippen MR) is 73.4 cm³/mol. The summed E-state index contributed by atoms with van der Waals surface area (Å²) >= 11 is 0. The molecule has 100 valence electrons. The summed E-state index contributed by atoms with van der Waals surface area (Å²) in [7, 11) is 3.38. The van der Waals surface area contributed by atoms with Crippen molar-refractivity contribution in [2.45, 2.75) is 44.7 Å².